The molecule has 0 aromatic carbocycles. The topological polar surface area (TPSA) is 125 Å². The second-order valence-electron chi connectivity index (χ2n) is 7.67. The number of hydrogen-bond donors (Lipinski definition) is 2. The first kappa shape index (κ1) is 24.9. The average molecular weight is 507 g/mol. The molecule has 3 heterocycles. The van der Waals surface area contributed by atoms with Crippen LogP contribution in [0.1, 0.15) is 18.2 Å². The maximum atomic E-state index is 12.7. The fourth-order valence-electron chi connectivity index (χ4n) is 3.65. The van der Waals surface area contributed by atoms with Gasteiger partial charge in [0.25, 0.3) is 0 Å². The van der Waals surface area contributed by atoms with Gasteiger partial charge in [0.1, 0.15) is 6.04 Å². The molecule has 1 aromatic heterocycles. The van der Waals surface area contributed by atoms with E-state index in [1.807, 2.05) is 4.72 Å². The van der Waals surface area contributed by atoms with Crippen molar-refractivity contribution in [3.63, 3.8) is 0 Å². The van der Waals surface area contributed by atoms with Crippen molar-refractivity contribution in [2.45, 2.75) is 31.8 Å². The van der Waals surface area contributed by atoms with E-state index >= 15 is 0 Å². The number of morpholine rings is 1. The number of thiophene rings is 1. The lowest BCUT2D eigenvalue weighted by atomic mass is 10.2. The molecule has 1 aromatic rings. The van der Waals surface area contributed by atoms with Gasteiger partial charge in [-0.15, -0.1) is 11.3 Å². The lowest BCUT2D eigenvalue weighted by molar-refractivity contribution is -0.146. The molecule has 0 aliphatic carbocycles. The highest BCUT2D eigenvalue weighted by Crippen LogP contribution is 2.22. The summed E-state index contributed by atoms with van der Waals surface area (Å²) in [4.78, 5) is 41.4. The van der Waals surface area contributed by atoms with Crippen LogP contribution < -0.4 is 10.0 Å². The van der Waals surface area contributed by atoms with Crippen molar-refractivity contribution in [3.05, 3.63) is 21.3 Å². The number of carbonyl (C=O) groups excluding carboxylic acids is 3. The molecule has 178 valence electrons. The van der Waals surface area contributed by atoms with E-state index in [0.29, 0.717) is 43.6 Å². The summed E-state index contributed by atoms with van der Waals surface area (Å²) in [5, 5.41) is 2.81. The van der Waals surface area contributed by atoms with Gasteiger partial charge in [-0.05, 0) is 31.9 Å². The highest BCUT2D eigenvalue weighted by atomic mass is 35.5. The Morgan fingerprint density at radius 1 is 1.28 bits per heavy atom. The van der Waals surface area contributed by atoms with E-state index in [9.17, 15) is 22.8 Å². The zero-order chi connectivity index (χ0) is 23.3. The Hall–Kier alpha value is -1.73. The molecule has 32 heavy (non-hydrogen) atoms. The zero-order valence-corrected chi connectivity index (χ0v) is 20.1. The van der Waals surface area contributed by atoms with Gasteiger partial charge in [-0.1, -0.05) is 11.6 Å². The van der Waals surface area contributed by atoms with Crippen LogP contribution in [0, 0.1) is 0 Å². The van der Waals surface area contributed by atoms with E-state index in [1.165, 1.54) is 16.2 Å². The summed E-state index contributed by atoms with van der Waals surface area (Å²) in [5.41, 5.74) is 0. The number of likely N-dealkylation sites (tertiary alicyclic amines) is 1. The molecule has 2 N–H and O–H groups in total. The van der Waals surface area contributed by atoms with Crippen LogP contribution in [-0.2, 0) is 35.6 Å². The van der Waals surface area contributed by atoms with Crippen LogP contribution in [0.2, 0.25) is 4.34 Å². The molecule has 3 rings (SSSR count). The molecule has 10 nitrogen and oxygen atoms in total. The molecule has 2 atom stereocenters. The monoisotopic (exact) mass is 506 g/mol. The van der Waals surface area contributed by atoms with E-state index in [4.69, 9.17) is 16.3 Å². The van der Waals surface area contributed by atoms with E-state index in [-0.39, 0.29) is 30.5 Å². The third-order valence-electron chi connectivity index (χ3n) is 5.41. The Bertz CT molecular complexity index is 947. The summed E-state index contributed by atoms with van der Waals surface area (Å²) < 4.78 is 32.1. The lowest BCUT2D eigenvalue weighted by Gasteiger charge is -2.32. The quantitative estimate of drug-likeness (QED) is 0.476. The van der Waals surface area contributed by atoms with Crippen molar-refractivity contribution in [3.8, 4) is 0 Å². The predicted octanol–water partition coefficient (Wildman–Crippen LogP) is -0.172. The van der Waals surface area contributed by atoms with Gasteiger partial charge in [0.2, 0.25) is 27.7 Å². The summed E-state index contributed by atoms with van der Waals surface area (Å²) in [6.45, 7) is 3.72. The molecule has 0 saturated carbocycles. The number of nitrogens with zero attached hydrogens (tertiary/aromatic N) is 2. The fraction of sp³-hybridized carbons (Fsp3) is 0.632. The van der Waals surface area contributed by atoms with Crippen molar-refractivity contribution in [1.29, 1.82) is 0 Å². The van der Waals surface area contributed by atoms with Crippen molar-refractivity contribution >= 4 is 50.7 Å². The average Bonchev–Trinajstić information content (AvgIpc) is 3.35. The number of aryl methyl sites for hydroxylation is 1. The number of ether oxygens (including phenoxy) is 1. The molecule has 2 fully saturated rings. The molecule has 2 aliphatic heterocycles. The highest BCUT2D eigenvalue weighted by Gasteiger charge is 2.38. The number of hydrogen-bond acceptors (Lipinski definition) is 8. The second kappa shape index (κ2) is 10.9. The number of rotatable bonds is 9. The number of amides is 3. The smallest absolute Gasteiger partial charge is 0.247 e. The summed E-state index contributed by atoms with van der Waals surface area (Å²) in [6.07, 6.45) is 0.678. The first-order valence-electron chi connectivity index (χ1n) is 10.3. The number of nitrogens with one attached hydrogen (secondary N) is 2. The maximum absolute atomic E-state index is 12.7. The first-order chi connectivity index (χ1) is 15.2. The fourth-order valence-corrected chi connectivity index (χ4v) is 5.88. The van der Waals surface area contributed by atoms with E-state index in [2.05, 4.69) is 5.32 Å². The summed E-state index contributed by atoms with van der Waals surface area (Å²) in [6, 6.07) is 2.19. The molecular weight excluding hydrogens is 480 g/mol. The SMILES string of the molecule is C[C@@H](C(=O)N1CCOCC1)N1CC[C@H](NCC(=O)NS(=O)(=O)CCc2ccc(Cl)s2)C1=O. The Kier molecular flexibility index (Phi) is 8.50. The number of carbonyl (C=O) groups is 3. The molecular formula is C19H27ClN4O6S2. The number of sulfonamides is 1. The van der Waals surface area contributed by atoms with Gasteiger partial charge in [-0.25, -0.2) is 8.42 Å². The Labute approximate surface area is 196 Å². The van der Waals surface area contributed by atoms with Crippen LogP contribution in [0.5, 0.6) is 0 Å². The van der Waals surface area contributed by atoms with Gasteiger partial charge < -0.3 is 14.5 Å². The van der Waals surface area contributed by atoms with Crippen LogP contribution in [0.15, 0.2) is 12.1 Å². The largest absolute Gasteiger partial charge is 0.378 e. The minimum atomic E-state index is -3.81. The third kappa shape index (κ3) is 6.64. The summed E-state index contributed by atoms with van der Waals surface area (Å²) in [5.74, 6) is -1.38. The first-order valence-corrected chi connectivity index (χ1v) is 13.2. The van der Waals surface area contributed by atoms with Crippen molar-refractivity contribution in [2.24, 2.45) is 0 Å². The van der Waals surface area contributed by atoms with Gasteiger partial charge in [0.15, 0.2) is 0 Å². The van der Waals surface area contributed by atoms with Crippen LogP contribution in [0.25, 0.3) is 0 Å². The van der Waals surface area contributed by atoms with Gasteiger partial charge >= 0.3 is 0 Å². The minimum Gasteiger partial charge on any atom is -0.378 e. The minimum absolute atomic E-state index is 0.127. The molecule has 0 spiro atoms. The normalized spacial score (nSPS) is 20.4. The van der Waals surface area contributed by atoms with E-state index < -0.39 is 28.0 Å². The third-order valence-corrected chi connectivity index (χ3v) is 7.98. The Balaban J connectivity index is 1.43. The highest BCUT2D eigenvalue weighted by molar-refractivity contribution is 7.90. The summed E-state index contributed by atoms with van der Waals surface area (Å²) in [7, 11) is -3.81. The Morgan fingerprint density at radius 2 is 2.00 bits per heavy atom. The van der Waals surface area contributed by atoms with E-state index in [1.54, 1.807) is 24.0 Å². The van der Waals surface area contributed by atoms with Crippen molar-refractivity contribution < 1.29 is 27.5 Å². The van der Waals surface area contributed by atoms with Gasteiger partial charge in [-0.3, -0.25) is 24.4 Å². The van der Waals surface area contributed by atoms with Crippen LogP contribution in [0.3, 0.4) is 0 Å². The van der Waals surface area contributed by atoms with Crippen molar-refractivity contribution in [1.82, 2.24) is 19.8 Å². The van der Waals surface area contributed by atoms with Gasteiger partial charge in [0.05, 0.1) is 35.9 Å². The maximum Gasteiger partial charge on any atom is 0.247 e. The van der Waals surface area contributed by atoms with Crippen LogP contribution in [-0.4, -0.2) is 93.2 Å². The Morgan fingerprint density at radius 3 is 2.66 bits per heavy atom. The standard InChI is InChI=1S/C19H27ClN4O6S2/c1-13(18(26)23-7-9-30-10-8-23)24-6-4-15(19(24)27)21-12-17(25)22-32(28,29)11-5-14-2-3-16(20)31-14/h2-3,13,15,21H,4-12H2,1H3,(H,22,25)/t13-,15-/m0/s1. The van der Waals surface area contributed by atoms with E-state index in [0.717, 1.165) is 4.88 Å². The number of halogens is 1. The van der Waals surface area contributed by atoms with Gasteiger partial charge in [0, 0.05) is 24.5 Å². The molecule has 0 bridgehead atoms. The predicted molar refractivity (Wildman–Crippen MR) is 120 cm³/mol. The van der Waals surface area contributed by atoms with Crippen molar-refractivity contribution in [2.75, 3.05) is 45.1 Å². The molecule has 13 heteroatoms. The molecule has 0 radical (unpaired) electrons. The summed E-state index contributed by atoms with van der Waals surface area (Å²) >= 11 is 7.12. The molecule has 3 amide bonds. The second-order valence-corrected chi connectivity index (χ2v) is 11.3. The van der Waals surface area contributed by atoms with Gasteiger partial charge in [-0.2, -0.15) is 0 Å². The van der Waals surface area contributed by atoms with Crippen LogP contribution in [0.4, 0.5) is 0 Å². The molecule has 2 aliphatic rings. The van der Waals surface area contributed by atoms with Crippen LogP contribution >= 0.6 is 22.9 Å². The zero-order valence-electron chi connectivity index (χ0n) is 17.7. The molecule has 0 unspecified atom stereocenters. The molecule has 2 saturated heterocycles. The lowest BCUT2D eigenvalue weighted by Crippen LogP contribution is -2.52.